The third kappa shape index (κ3) is 2.73. The Morgan fingerprint density at radius 3 is 2.56 bits per heavy atom. The summed E-state index contributed by atoms with van der Waals surface area (Å²) in [6.07, 6.45) is 0. The summed E-state index contributed by atoms with van der Waals surface area (Å²) in [4.78, 5) is 4.82. The molecule has 0 spiro atoms. The number of para-hydroxylation sites is 1. The van der Waals surface area contributed by atoms with Crippen LogP contribution in [-0.2, 0) is 0 Å². The fourth-order valence-electron chi connectivity index (χ4n) is 2.56. The quantitative estimate of drug-likeness (QED) is 0.880. The summed E-state index contributed by atoms with van der Waals surface area (Å²) >= 11 is 1.84. The largest absolute Gasteiger partial charge is 0.314 e. The van der Waals surface area contributed by atoms with Crippen LogP contribution in [0.5, 0.6) is 0 Å². The molecule has 18 heavy (non-hydrogen) atoms. The number of hydrogen-bond donors (Lipinski definition) is 1. The molecule has 1 aromatic heterocycles. The Kier molecular flexibility index (Phi) is 4.36. The minimum Gasteiger partial charge on any atom is -0.314 e. The van der Waals surface area contributed by atoms with Crippen LogP contribution in [0.15, 0.2) is 24.3 Å². The Balaban J connectivity index is 2.35. The van der Waals surface area contributed by atoms with E-state index in [-0.39, 0.29) is 0 Å². The van der Waals surface area contributed by atoms with Crippen molar-refractivity contribution < 1.29 is 0 Å². The van der Waals surface area contributed by atoms with Gasteiger partial charge in [0.2, 0.25) is 0 Å². The van der Waals surface area contributed by atoms with Crippen molar-refractivity contribution in [3.63, 3.8) is 0 Å². The van der Waals surface area contributed by atoms with E-state index in [1.165, 1.54) is 9.71 Å². The second-order valence-electron chi connectivity index (χ2n) is 5.14. The molecule has 2 nitrogen and oxygen atoms in total. The summed E-state index contributed by atoms with van der Waals surface area (Å²) in [5.41, 5.74) is 1.13. The van der Waals surface area contributed by atoms with Crippen LogP contribution < -0.4 is 5.32 Å². The highest BCUT2D eigenvalue weighted by molar-refractivity contribution is 7.18. The van der Waals surface area contributed by atoms with Crippen LogP contribution >= 0.6 is 11.3 Å². The summed E-state index contributed by atoms with van der Waals surface area (Å²) in [5.74, 6) is 1.09. The van der Waals surface area contributed by atoms with Crippen LogP contribution in [0.3, 0.4) is 0 Å². The van der Waals surface area contributed by atoms with Crippen molar-refractivity contribution in [2.75, 3.05) is 6.54 Å². The third-order valence-corrected chi connectivity index (χ3v) is 4.52. The second-order valence-corrected chi connectivity index (χ2v) is 6.20. The monoisotopic (exact) mass is 262 g/mol. The van der Waals surface area contributed by atoms with E-state index in [0.717, 1.165) is 12.1 Å². The maximum absolute atomic E-state index is 4.82. The van der Waals surface area contributed by atoms with Crippen molar-refractivity contribution in [3.8, 4) is 0 Å². The molecular formula is C15H22N2S. The SMILES string of the molecule is CCNC(C)C(c1nc2ccccc2s1)C(C)C. The molecule has 0 radical (unpaired) electrons. The number of rotatable bonds is 5. The molecule has 1 aromatic carbocycles. The van der Waals surface area contributed by atoms with Crippen LogP contribution in [0, 0.1) is 5.92 Å². The molecule has 0 amide bonds. The Morgan fingerprint density at radius 2 is 1.94 bits per heavy atom. The predicted octanol–water partition coefficient (Wildman–Crippen LogP) is 4.03. The lowest BCUT2D eigenvalue weighted by Crippen LogP contribution is -2.34. The Bertz CT molecular complexity index is 471. The van der Waals surface area contributed by atoms with Gasteiger partial charge in [0.25, 0.3) is 0 Å². The van der Waals surface area contributed by atoms with Gasteiger partial charge in [-0.1, -0.05) is 32.9 Å². The van der Waals surface area contributed by atoms with Crippen LogP contribution in [0.4, 0.5) is 0 Å². The number of fused-ring (bicyclic) bond motifs is 1. The molecule has 1 N–H and O–H groups in total. The fraction of sp³-hybridized carbons (Fsp3) is 0.533. The van der Waals surface area contributed by atoms with Gasteiger partial charge in [-0.25, -0.2) is 4.98 Å². The van der Waals surface area contributed by atoms with Gasteiger partial charge in [0.15, 0.2) is 0 Å². The van der Waals surface area contributed by atoms with Gasteiger partial charge in [0, 0.05) is 12.0 Å². The molecule has 2 rings (SSSR count). The van der Waals surface area contributed by atoms with E-state index in [2.05, 4.69) is 57.3 Å². The maximum atomic E-state index is 4.82. The number of nitrogens with one attached hydrogen (secondary N) is 1. The van der Waals surface area contributed by atoms with E-state index in [1.807, 2.05) is 11.3 Å². The second kappa shape index (κ2) is 5.81. The summed E-state index contributed by atoms with van der Waals surface area (Å²) < 4.78 is 1.29. The first-order valence-electron chi connectivity index (χ1n) is 6.72. The average molecular weight is 262 g/mol. The fourth-order valence-corrected chi connectivity index (χ4v) is 3.90. The lowest BCUT2D eigenvalue weighted by Gasteiger charge is -2.26. The molecule has 0 saturated heterocycles. The van der Waals surface area contributed by atoms with E-state index in [1.54, 1.807) is 0 Å². The van der Waals surface area contributed by atoms with Gasteiger partial charge in [-0.3, -0.25) is 0 Å². The first-order valence-corrected chi connectivity index (χ1v) is 7.54. The van der Waals surface area contributed by atoms with Crippen LogP contribution in [0.1, 0.15) is 38.6 Å². The molecule has 2 unspecified atom stereocenters. The zero-order valence-corrected chi connectivity index (χ0v) is 12.4. The van der Waals surface area contributed by atoms with Crippen molar-refractivity contribution in [1.82, 2.24) is 10.3 Å². The zero-order valence-electron chi connectivity index (χ0n) is 11.6. The summed E-state index contributed by atoms with van der Waals surface area (Å²) in [6, 6.07) is 8.87. The average Bonchev–Trinajstić information content (AvgIpc) is 2.71. The number of thiazole rings is 1. The van der Waals surface area contributed by atoms with Crippen molar-refractivity contribution in [2.45, 2.75) is 39.7 Å². The van der Waals surface area contributed by atoms with Gasteiger partial charge < -0.3 is 5.32 Å². The first-order chi connectivity index (χ1) is 8.63. The highest BCUT2D eigenvalue weighted by atomic mass is 32.1. The van der Waals surface area contributed by atoms with E-state index < -0.39 is 0 Å². The normalized spacial score (nSPS) is 15.2. The standard InChI is InChI=1S/C15H22N2S/c1-5-16-11(4)14(10(2)3)15-17-12-8-6-7-9-13(12)18-15/h6-11,14,16H,5H2,1-4H3. The highest BCUT2D eigenvalue weighted by Gasteiger charge is 2.25. The lowest BCUT2D eigenvalue weighted by atomic mass is 9.90. The van der Waals surface area contributed by atoms with Gasteiger partial charge in [0.05, 0.1) is 15.2 Å². The smallest absolute Gasteiger partial charge is 0.0987 e. The number of hydrogen-bond acceptors (Lipinski definition) is 3. The summed E-state index contributed by atoms with van der Waals surface area (Å²) in [5, 5.41) is 4.80. The van der Waals surface area contributed by atoms with E-state index in [0.29, 0.717) is 17.9 Å². The molecule has 2 aromatic rings. The molecule has 3 heteroatoms. The molecule has 0 bridgehead atoms. The van der Waals surface area contributed by atoms with Crippen LogP contribution in [0.2, 0.25) is 0 Å². The third-order valence-electron chi connectivity index (χ3n) is 3.38. The number of nitrogens with zero attached hydrogens (tertiary/aromatic N) is 1. The number of aromatic nitrogens is 1. The Morgan fingerprint density at radius 1 is 1.22 bits per heavy atom. The van der Waals surface area contributed by atoms with Gasteiger partial charge in [-0.2, -0.15) is 0 Å². The van der Waals surface area contributed by atoms with Crippen LogP contribution in [-0.4, -0.2) is 17.6 Å². The maximum Gasteiger partial charge on any atom is 0.0987 e. The topological polar surface area (TPSA) is 24.9 Å². The van der Waals surface area contributed by atoms with Crippen molar-refractivity contribution in [2.24, 2.45) is 5.92 Å². The lowest BCUT2D eigenvalue weighted by molar-refractivity contribution is 0.382. The summed E-state index contributed by atoms with van der Waals surface area (Å²) in [7, 11) is 0. The van der Waals surface area contributed by atoms with Crippen molar-refractivity contribution in [1.29, 1.82) is 0 Å². The molecule has 2 atom stereocenters. The van der Waals surface area contributed by atoms with Gasteiger partial charge >= 0.3 is 0 Å². The molecule has 0 fully saturated rings. The van der Waals surface area contributed by atoms with Crippen molar-refractivity contribution in [3.05, 3.63) is 29.3 Å². The number of likely N-dealkylation sites (N-methyl/N-ethyl adjacent to an activating group) is 1. The molecule has 1 heterocycles. The Labute approximate surface area is 113 Å². The zero-order chi connectivity index (χ0) is 13.1. The molecule has 98 valence electrons. The minimum atomic E-state index is 0.468. The minimum absolute atomic E-state index is 0.468. The van der Waals surface area contributed by atoms with E-state index >= 15 is 0 Å². The van der Waals surface area contributed by atoms with Crippen LogP contribution in [0.25, 0.3) is 10.2 Å². The number of benzene rings is 1. The first kappa shape index (κ1) is 13.5. The van der Waals surface area contributed by atoms with Gasteiger partial charge in [0.1, 0.15) is 0 Å². The van der Waals surface area contributed by atoms with Gasteiger partial charge in [-0.05, 0) is 31.5 Å². The summed E-state index contributed by atoms with van der Waals surface area (Å²) in [6.45, 7) is 10.00. The molecule has 0 aliphatic heterocycles. The molecule has 0 aliphatic rings. The van der Waals surface area contributed by atoms with Gasteiger partial charge in [-0.15, -0.1) is 11.3 Å². The van der Waals surface area contributed by atoms with E-state index in [4.69, 9.17) is 4.98 Å². The molecule has 0 aliphatic carbocycles. The Hall–Kier alpha value is -0.930. The molecule has 0 saturated carbocycles. The predicted molar refractivity (Wildman–Crippen MR) is 80.3 cm³/mol. The highest BCUT2D eigenvalue weighted by Crippen LogP contribution is 2.33. The molecular weight excluding hydrogens is 240 g/mol. The van der Waals surface area contributed by atoms with E-state index in [9.17, 15) is 0 Å². The van der Waals surface area contributed by atoms with Crippen molar-refractivity contribution >= 4 is 21.6 Å².